The molecular formula is C23H38ClN2+. The molecule has 0 spiro atoms. The van der Waals surface area contributed by atoms with Crippen LogP contribution in [0.2, 0.25) is 0 Å². The number of nitrogens with zero attached hydrogens (tertiary/aromatic N) is 2. The standard InChI is InChI=1S/C23H37N2.ClH/c1-3-4-5-6-7-8-9-10-11-15-18-24-19-20-25(22(24)2)21-23-16-13-12-14-17-23;/h12-14,16-17,19-20H,3-11,15,18,21H2,1-2H3;1H/q+1;. The second-order valence-electron chi connectivity index (χ2n) is 7.33. The lowest BCUT2D eigenvalue weighted by Crippen LogP contribution is -2.36. The molecule has 0 atom stereocenters. The van der Waals surface area contributed by atoms with E-state index in [-0.39, 0.29) is 12.4 Å². The molecule has 0 aliphatic heterocycles. The predicted molar refractivity (Wildman–Crippen MR) is 114 cm³/mol. The fourth-order valence-electron chi connectivity index (χ4n) is 3.49. The van der Waals surface area contributed by atoms with Gasteiger partial charge >= 0.3 is 0 Å². The van der Waals surface area contributed by atoms with Gasteiger partial charge in [-0.2, -0.15) is 0 Å². The summed E-state index contributed by atoms with van der Waals surface area (Å²) in [7, 11) is 0. The highest BCUT2D eigenvalue weighted by Crippen LogP contribution is 2.11. The Morgan fingerprint density at radius 2 is 1.38 bits per heavy atom. The van der Waals surface area contributed by atoms with Crippen molar-refractivity contribution in [2.75, 3.05) is 0 Å². The third kappa shape index (κ3) is 8.40. The van der Waals surface area contributed by atoms with E-state index in [1.54, 1.807) is 0 Å². The summed E-state index contributed by atoms with van der Waals surface area (Å²) >= 11 is 0. The van der Waals surface area contributed by atoms with Gasteiger partial charge in [0.05, 0.1) is 6.54 Å². The lowest BCUT2D eigenvalue weighted by Gasteiger charge is -2.03. The Balaban J connectivity index is 0.00000338. The number of hydrogen-bond acceptors (Lipinski definition) is 0. The molecule has 0 saturated heterocycles. The molecule has 0 amide bonds. The first-order valence-electron chi connectivity index (χ1n) is 10.4. The summed E-state index contributed by atoms with van der Waals surface area (Å²) in [6.07, 6.45) is 18.5. The Bertz CT molecular complexity index is 577. The van der Waals surface area contributed by atoms with Gasteiger partial charge in [0.15, 0.2) is 0 Å². The van der Waals surface area contributed by atoms with Crippen LogP contribution in [0.5, 0.6) is 0 Å². The molecule has 0 radical (unpaired) electrons. The predicted octanol–water partition coefficient (Wildman–Crippen LogP) is 6.48. The number of rotatable bonds is 13. The molecule has 2 rings (SSSR count). The third-order valence-electron chi connectivity index (χ3n) is 5.21. The van der Waals surface area contributed by atoms with Gasteiger partial charge < -0.3 is 0 Å². The van der Waals surface area contributed by atoms with Crippen LogP contribution in [-0.2, 0) is 13.1 Å². The van der Waals surface area contributed by atoms with Gasteiger partial charge in [0.2, 0.25) is 0 Å². The minimum absolute atomic E-state index is 0. The monoisotopic (exact) mass is 377 g/mol. The first kappa shape index (κ1) is 22.8. The summed E-state index contributed by atoms with van der Waals surface area (Å²) in [6.45, 7) is 6.65. The molecule has 0 unspecified atom stereocenters. The molecule has 26 heavy (non-hydrogen) atoms. The number of imidazole rings is 1. The van der Waals surface area contributed by atoms with Gasteiger partial charge in [0.1, 0.15) is 18.9 Å². The maximum atomic E-state index is 2.41. The zero-order valence-electron chi connectivity index (χ0n) is 16.8. The van der Waals surface area contributed by atoms with E-state index < -0.39 is 0 Å². The molecule has 0 aliphatic carbocycles. The largest absolute Gasteiger partial charge is 0.253 e. The summed E-state index contributed by atoms with van der Waals surface area (Å²) in [5.74, 6) is 1.36. The van der Waals surface area contributed by atoms with Crippen molar-refractivity contribution >= 4 is 12.4 Å². The van der Waals surface area contributed by atoms with E-state index in [1.165, 1.54) is 75.6 Å². The molecule has 3 heteroatoms. The van der Waals surface area contributed by atoms with Gasteiger partial charge in [-0.1, -0.05) is 88.6 Å². The van der Waals surface area contributed by atoms with Crippen molar-refractivity contribution in [1.29, 1.82) is 0 Å². The average molecular weight is 378 g/mol. The first-order chi connectivity index (χ1) is 12.3. The van der Waals surface area contributed by atoms with E-state index in [1.807, 2.05) is 0 Å². The van der Waals surface area contributed by atoms with Gasteiger partial charge in [-0.3, -0.25) is 0 Å². The van der Waals surface area contributed by atoms with Crippen molar-refractivity contribution in [3.8, 4) is 0 Å². The fraction of sp³-hybridized carbons (Fsp3) is 0.609. The molecule has 1 heterocycles. The molecular weight excluding hydrogens is 340 g/mol. The zero-order valence-corrected chi connectivity index (χ0v) is 17.6. The lowest BCUT2D eigenvalue weighted by atomic mass is 10.1. The van der Waals surface area contributed by atoms with Crippen LogP contribution in [0.25, 0.3) is 0 Å². The van der Waals surface area contributed by atoms with E-state index in [9.17, 15) is 0 Å². The molecule has 146 valence electrons. The van der Waals surface area contributed by atoms with E-state index in [0.717, 1.165) is 13.1 Å². The van der Waals surface area contributed by atoms with Gasteiger partial charge in [-0.15, -0.1) is 12.4 Å². The van der Waals surface area contributed by atoms with Crippen LogP contribution in [0.1, 0.15) is 82.5 Å². The van der Waals surface area contributed by atoms with E-state index in [2.05, 4.69) is 65.7 Å². The molecule has 2 aromatic rings. The fourth-order valence-corrected chi connectivity index (χ4v) is 3.49. The number of halogens is 1. The topological polar surface area (TPSA) is 8.81 Å². The Hall–Kier alpha value is -1.28. The first-order valence-corrected chi connectivity index (χ1v) is 10.4. The van der Waals surface area contributed by atoms with Crippen LogP contribution in [0.4, 0.5) is 0 Å². The average Bonchev–Trinajstić information content (AvgIpc) is 2.97. The second-order valence-corrected chi connectivity index (χ2v) is 7.33. The smallest absolute Gasteiger partial charge is 0.234 e. The number of unbranched alkanes of at least 4 members (excludes halogenated alkanes) is 9. The van der Waals surface area contributed by atoms with Gasteiger partial charge in [-0.05, 0) is 18.4 Å². The van der Waals surface area contributed by atoms with E-state index in [4.69, 9.17) is 0 Å². The zero-order chi connectivity index (χ0) is 17.7. The Morgan fingerprint density at radius 1 is 0.808 bits per heavy atom. The SMILES string of the molecule is CCCCCCCCCCCCn1cc[n+](Cc2ccccc2)c1C.Cl. The lowest BCUT2D eigenvalue weighted by molar-refractivity contribution is -0.694. The summed E-state index contributed by atoms with van der Waals surface area (Å²) in [5.41, 5.74) is 1.37. The van der Waals surface area contributed by atoms with E-state index in [0.29, 0.717) is 0 Å². The molecule has 0 fully saturated rings. The van der Waals surface area contributed by atoms with Crippen LogP contribution in [0.15, 0.2) is 42.7 Å². The Labute approximate surface area is 167 Å². The molecule has 2 nitrogen and oxygen atoms in total. The van der Waals surface area contributed by atoms with Crippen molar-refractivity contribution < 1.29 is 4.57 Å². The van der Waals surface area contributed by atoms with Gasteiger partial charge in [0.25, 0.3) is 5.82 Å². The maximum absolute atomic E-state index is 2.41. The highest BCUT2D eigenvalue weighted by Gasteiger charge is 2.11. The molecule has 1 aromatic heterocycles. The number of benzene rings is 1. The minimum atomic E-state index is 0. The third-order valence-corrected chi connectivity index (χ3v) is 5.21. The van der Waals surface area contributed by atoms with E-state index >= 15 is 0 Å². The Morgan fingerprint density at radius 3 is 2.00 bits per heavy atom. The maximum Gasteiger partial charge on any atom is 0.253 e. The molecule has 0 N–H and O–H groups in total. The van der Waals surface area contributed by atoms with Crippen LogP contribution in [0.3, 0.4) is 0 Å². The van der Waals surface area contributed by atoms with Crippen LogP contribution in [0, 0.1) is 6.92 Å². The molecule has 0 aliphatic rings. The number of aryl methyl sites for hydroxylation is 1. The number of hydrogen-bond donors (Lipinski definition) is 0. The van der Waals surface area contributed by atoms with Crippen molar-refractivity contribution in [3.63, 3.8) is 0 Å². The quantitative estimate of drug-likeness (QED) is 0.279. The van der Waals surface area contributed by atoms with Crippen molar-refractivity contribution in [2.24, 2.45) is 0 Å². The van der Waals surface area contributed by atoms with Crippen LogP contribution < -0.4 is 4.57 Å². The summed E-state index contributed by atoms with van der Waals surface area (Å²) in [4.78, 5) is 0. The summed E-state index contributed by atoms with van der Waals surface area (Å²) in [5, 5.41) is 0. The normalized spacial score (nSPS) is 10.7. The highest BCUT2D eigenvalue weighted by molar-refractivity contribution is 5.85. The van der Waals surface area contributed by atoms with Crippen molar-refractivity contribution in [3.05, 3.63) is 54.1 Å². The molecule has 0 bridgehead atoms. The van der Waals surface area contributed by atoms with Crippen molar-refractivity contribution in [1.82, 2.24) is 4.57 Å². The highest BCUT2D eigenvalue weighted by atomic mass is 35.5. The van der Waals surface area contributed by atoms with Crippen LogP contribution in [-0.4, -0.2) is 4.57 Å². The minimum Gasteiger partial charge on any atom is -0.234 e. The van der Waals surface area contributed by atoms with Gasteiger partial charge in [-0.25, -0.2) is 9.13 Å². The Kier molecular flexibility index (Phi) is 12.1. The van der Waals surface area contributed by atoms with Crippen LogP contribution >= 0.6 is 12.4 Å². The second kappa shape index (κ2) is 13.9. The number of aromatic nitrogens is 2. The van der Waals surface area contributed by atoms with Gasteiger partial charge in [0, 0.05) is 6.92 Å². The summed E-state index contributed by atoms with van der Waals surface area (Å²) in [6, 6.07) is 10.7. The molecule has 0 saturated carbocycles. The summed E-state index contributed by atoms with van der Waals surface area (Å²) < 4.78 is 4.76. The van der Waals surface area contributed by atoms with Crippen molar-refractivity contribution in [2.45, 2.75) is 91.1 Å². The molecule has 1 aromatic carbocycles.